The summed E-state index contributed by atoms with van der Waals surface area (Å²) in [6.45, 7) is 4.72. The lowest BCUT2D eigenvalue weighted by atomic mass is 9.82. The second kappa shape index (κ2) is 11.2. The van der Waals surface area contributed by atoms with E-state index in [2.05, 4.69) is 205 Å². The smallest absolute Gasteiger partial charge is 0.0641 e. The fourth-order valence-electron chi connectivity index (χ4n) is 9.20. The predicted octanol–water partition coefficient (Wildman–Crippen LogP) is 13.5. The van der Waals surface area contributed by atoms with E-state index in [4.69, 9.17) is 0 Å². The van der Waals surface area contributed by atoms with E-state index >= 15 is 0 Å². The van der Waals surface area contributed by atoms with Gasteiger partial charge in [0.05, 0.1) is 22.1 Å². The highest BCUT2D eigenvalue weighted by molar-refractivity contribution is 6.26. The Morgan fingerprint density at radius 2 is 0.962 bits per heavy atom. The first-order valence-corrected chi connectivity index (χ1v) is 18.5. The zero-order valence-electron chi connectivity index (χ0n) is 29.7. The van der Waals surface area contributed by atoms with Gasteiger partial charge < -0.3 is 9.13 Å². The molecule has 0 saturated carbocycles. The van der Waals surface area contributed by atoms with E-state index in [1.165, 1.54) is 93.8 Å². The first kappa shape index (κ1) is 30.0. The molecule has 2 nitrogen and oxygen atoms in total. The lowest BCUT2D eigenvalue weighted by Crippen LogP contribution is -2.15. The number of hydrogen-bond acceptors (Lipinski definition) is 0. The molecule has 2 heteroatoms. The van der Waals surface area contributed by atoms with Gasteiger partial charge in [0, 0.05) is 38.3 Å². The predicted molar refractivity (Wildman–Crippen MR) is 224 cm³/mol. The molecule has 0 unspecified atom stereocenters. The molecule has 11 rings (SSSR count). The highest BCUT2D eigenvalue weighted by atomic mass is 15.0. The molecule has 53 heavy (non-hydrogen) atoms. The minimum Gasteiger partial charge on any atom is -0.309 e. The zero-order valence-corrected chi connectivity index (χ0v) is 29.7. The molecule has 0 N–H and O–H groups in total. The standard InChI is InChI=1S/C51H36N2/c1-51(2)44-20-9-6-17-39(44)40-28-27-38(32-45(40)51)52-47-22-11-8-19-43(47)49-48(52)30-29-42-41-18-7-10-21-46(41)53(50(42)49)37-16-12-15-36(31-37)35-25-23-34(24-26-35)33-13-4-3-5-14-33/h3-32H,1-2H3. The van der Waals surface area contributed by atoms with Gasteiger partial charge in [-0.15, -0.1) is 0 Å². The maximum absolute atomic E-state index is 2.49. The van der Waals surface area contributed by atoms with Gasteiger partial charge in [-0.3, -0.25) is 0 Å². The number of fused-ring (bicyclic) bond motifs is 10. The number of rotatable bonds is 4. The maximum atomic E-state index is 2.49. The fraction of sp³-hybridized carbons (Fsp3) is 0.0588. The van der Waals surface area contributed by atoms with Gasteiger partial charge in [0.2, 0.25) is 0 Å². The summed E-state index contributed by atoms with van der Waals surface area (Å²) in [6, 6.07) is 67.0. The quantitative estimate of drug-likeness (QED) is 0.176. The zero-order chi connectivity index (χ0) is 35.3. The van der Waals surface area contributed by atoms with Crippen LogP contribution in [-0.2, 0) is 5.41 Å². The third-order valence-corrected chi connectivity index (χ3v) is 11.7. The van der Waals surface area contributed by atoms with Gasteiger partial charge in [-0.2, -0.15) is 0 Å². The third kappa shape index (κ3) is 4.33. The van der Waals surface area contributed by atoms with Gasteiger partial charge in [-0.1, -0.05) is 153 Å². The Kier molecular flexibility index (Phi) is 6.33. The topological polar surface area (TPSA) is 9.86 Å². The lowest BCUT2D eigenvalue weighted by Gasteiger charge is -2.22. The van der Waals surface area contributed by atoms with E-state index in [1.54, 1.807) is 0 Å². The minimum absolute atomic E-state index is 0.0761. The molecule has 0 amide bonds. The van der Waals surface area contributed by atoms with Crippen LogP contribution >= 0.6 is 0 Å². The molecule has 0 radical (unpaired) electrons. The number of benzene rings is 8. The molecule has 0 spiro atoms. The summed E-state index contributed by atoms with van der Waals surface area (Å²) in [5.74, 6) is 0. The van der Waals surface area contributed by atoms with Crippen molar-refractivity contribution in [3.8, 4) is 44.8 Å². The first-order chi connectivity index (χ1) is 26.1. The average Bonchev–Trinajstić information content (AvgIpc) is 3.81. The number of aromatic nitrogens is 2. The van der Waals surface area contributed by atoms with Crippen LogP contribution < -0.4 is 0 Å². The van der Waals surface area contributed by atoms with E-state index in [0.29, 0.717) is 0 Å². The minimum atomic E-state index is -0.0761. The summed E-state index contributed by atoms with van der Waals surface area (Å²) < 4.78 is 4.98. The molecule has 10 aromatic rings. The molecule has 1 aliphatic rings. The summed E-state index contributed by atoms with van der Waals surface area (Å²) >= 11 is 0. The molecule has 0 bridgehead atoms. The Balaban J connectivity index is 1.14. The summed E-state index contributed by atoms with van der Waals surface area (Å²) in [7, 11) is 0. The van der Waals surface area contributed by atoms with Crippen LogP contribution in [0.2, 0.25) is 0 Å². The first-order valence-electron chi connectivity index (χ1n) is 18.5. The van der Waals surface area contributed by atoms with E-state index < -0.39 is 0 Å². The summed E-state index contributed by atoms with van der Waals surface area (Å²) in [4.78, 5) is 0. The van der Waals surface area contributed by atoms with Crippen molar-refractivity contribution < 1.29 is 0 Å². The molecular formula is C51H36N2. The van der Waals surface area contributed by atoms with Crippen molar-refractivity contribution >= 4 is 43.6 Å². The Labute approximate surface area is 308 Å². The molecular weight excluding hydrogens is 641 g/mol. The number of nitrogens with zero attached hydrogens (tertiary/aromatic N) is 2. The van der Waals surface area contributed by atoms with Crippen LogP contribution in [0.15, 0.2) is 182 Å². The van der Waals surface area contributed by atoms with Crippen molar-refractivity contribution in [2.45, 2.75) is 19.3 Å². The van der Waals surface area contributed by atoms with Crippen molar-refractivity contribution in [2.75, 3.05) is 0 Å². The molecule has 2 heterocycles. The second-order valence-corrected chi connectivity index (χ2v) is 15.0. The van der Waals surface area contributed by atoms with Gasteiger partial charge in [0.15, 0.2) is 0 Å². The molecule has 2 aromatic heterocycles. The maximum Gasteiger partial charge on any atom is 0.0641 e. The highest BCUT2D eigenvalue weighted by Crippen LogP contribution is 2.50. The van der Waals surface area contributed by atoms with Crippen LogP contribution in [0.3, 0.4) is 0 Å². The molecule has 0 saturated heterocycles. The number of hydrogen-bond donors (Lipinski definition) is 0. The SMILES string of the molecule is CC1(C)c2ccccc2-c2ccc(-n3c4ccccc4c4c3ccc3c5ccccc5n(-c5cccc(-c6ccc(-c7ccccc7)cc6)c5)c34)cc21. The highest BCUT2D eigenvalue weighted by Gasteiger charge is 2.35. The van der Waals surface area contributed by atoms with Crippen LogP contribution in [0.1, 0.15) is 25.0 Å². The second-order valence-electron chi connectivity index (χ2n) is 15.0. The monoisotopic (exact) mass is 676 g/mol. The fourth-order valence-corrected chi connectivity index (χ4v) is 9.20. The van der Waals surface area contributed by atoms with Gasteiger partial charge in [0.25, 0.3) is 0 Å². The number of para-hydroxylation sites is 2. The van der Waals surface area contributed by atoms with Crippen molar-refractivity contribution in [1.29, 1.82) is 0 Å². The van der Waals surface area contributed by atoms with Crippen molar-refractivity contribution in [2.24, 2.45) is 0 Å². The third-order valence-electron chi connectivity index (χ3n) is 11.7. The molecule has 0 aliphatic heterocycles. The van der Waals surface area contributed by atoms with Crippen LogP contribution in [-0.4, -0.2) is 9.13 Å². The van der Waals surface area contributed by atoms with Crippen LogP contribution in [0, 0.1) is 0 Å². The van der Waals surface area contributed by atoms with Gasteiger partial charge in [0.1, 0.15) is 0 Å². The Hall–Kier alpha value is -6.64. The van der Waals surface area contributed by atoms with Gasteiger partial charge in [-0.05, 0) is 87.0 Å². The van der Waals surface area contributed by atoms with Crippen molar-refractivity contribution in [1.82, 2.24) is 9.13 Å². The normalized spacial score (nSPS) is 13.2. The van der Waals surface area contributed by atoms with Crippen LogP contribution in [0.5, 0.6) is 0 Å². The molecule has 1 aliphatic carbocycles. The summed E-state index contributed by atoms with van der Waals surface area (Å²) in [5, 5.41) is 5.05. The Morgan fingerprint density at radius 1 is 0.358 bits per heavy atom. The van der Waals surface area contributed by atoms with E-state index in [9.17, 15) is 0 Å². The van der Waals surface area contributed by atoms with E-state index in [-0.39, 0.29) is 5.41 Å². The van der Waals surface area contributed by atoms with E-state index in [0.717, 1.165) is 5.69 Å². The van der Waals surface area contributed by atoms with E-state index in [1.807, 2.05) is 0 Å². The van der Waals surface area contributed by atoms with Crippen LogP contribution in [0.4, 0.5) is 0 Å². The molecule has 250 valence electrons. The molecule has 8 aromatic carbocycles. The van der Waals surface area contributed by atoms with Crippen LogP contribution in [0.25, 0.3) is 88.4 Å². The summed E-state index contributed by atoms with van der Waals surface area (Å²) in [6.07, 6.45) is 0. The molecule has 0 atom stereocenters. The largest absolute Gasteiger partial charge is 0.309 e. The Bertz CT molecular complexity index is 3060. The van der Waals surface area contributed by atoms with Crippen molar-refractivity contribution in [3.63, 3.8) is 0 Å². The average molecular weight is 677 g/mol. The summed E-state index contributed by atoms with van der Waals surface area (Å²) in [5.41, 5.74) is 17.5. The lowest BCUT2D eigenvalue weighted by molar-refractivity contribution is 0.660. The molecule has 0 fully saturated rings. The van der Waals surface area contributed by atoms with Crippen molar-refractivity contribution in [3.05, 3.63) is 193 Å². The van der Waals surface area contributed by atoms with Gasteiger partial charge in [-0.25, -0.2) is 0 Å². The van der Waals surface area contributed by atoms with Gasteiger partial charge >= 0.3 is 0 Å². The Morgan fingerprint density at radius 3 is 1.77 bits per heavy atom.